The minimum Gasteiger partial charge on any atom is -0.334 e. The second-order valence-corrected chi connectivity index (χ2v) is 6.86. The van der Waals surface area contributed by atoms with Crippen LogP contribution in [0.3, 0.4) is 0 Å². The first-order chi connectivity index (χ1) is 14.6. The molecule has 3 N–H and O–H groups in total. The first-order valence-corrected chi connectivity index (χ1v) is 9.53. The molecule has 3 aromatic rings. The Bertz CT molecular complexity index is 1110. The normalized spacial score (nSPS) is 12.9. The standard InChI is InChI=1S/C23H22N6O/c1-16-6-3-4-8-21(16)28-23(30)26-13-18-9-11-25-22(12-18)29-17(2)20(15-27-29)19-7-5-10-24-14-19/h3-12,14-15,27H,2,13H2,1H3,(H2,26,28,30). The third kappa shape index (κ3) is 4.15. The Kier molecular flexibility index (Phi) is 5.43. The highest BCUT2D eigenvalue weighted by Crippen LogP contribution is 2.30. The summed E-state index contributed by atoms with van der Waals surface area (Å²) in [6, 6.07) is 15.0. The Morgan fingerprint density at radius 3 is 2.83 bits per heavy atom. The molecule has 0 atom stereocenters. The topological polar surface area (TPSA) is 82.2 Å². The molecular formula is C23H22N6O. The van der Waals surface area contributed by atoms with Crippen molar-refractivity contribution in [1.29, 1.82) is 0 Å². The first kappa shape index (κ1) is 19.2. The molecule has 2 aromatic heterocycles. The summed E-state index contributed by atoms with van der Waals surface area (Å²) in [6.45, 7) is 6.50. The van der Waals surface area contributed by atoms with Crippen LogP contribution in [0.2, 0.25) is 0 Å². The molecule has 2 amide bonds. The number of para-hydroxylation sites is 1. The molecule has 7 heteroatoms. The van der Waals surface area contributed by atoms with Crippen LogP contribution in [-0.2, 0) is 6.54 Å². The Hall–Kier alpha value is -4.13. The lowest BCUT2D eigenvalue weighted by Gasteiger charge is -2.20. The minimum atomic E-state index is -0.258. The number of rotatable bonds is 5. The van der Waals surface area contributed by atoms with Gasteiger partial charge >= 0.3 is 6.03 Å². The summed E-state index contributed by atoms with van der Waals surface area (Å²) < 4.78 is 0. The van der Waals surface area contributed by atoms with Crippen molar-refractivity contribution < 1.29 is 4.79 Å². The Morgan fingerprint density at radius 1 is 1.17 bits per heavy atom. The number of hydrogen-bond acceptors (Lipinski definition) is 5. The molecular weight excluding hydrogens is 376 g/mol. The maximum Gasteiger partial charge on any atom is 0.319 e. The van der Waals surface area contributed by atoms with Gasteiger partial charge in [0.2, 0.25) is 0 Å². The van der Waals surface area contributed by atoms with Gasteiger partial charge in [-0.15, -0.1) is 0 Å². The van der Waals surface area contributed by atoms with Crippen LogP contribution in [0.25, 0.3) is 5.57 Å². The number of anilines is 2. The highest BCUT2D eigenvalue weighted by Gasteiger charge is 2.22. The fourth-order valence-corrected chi connectivity index (χ4v) is 3.14. The van der Waals surface area contributed by atoms with E-state index in [4.69, 9.17) is 0 Å². The van der Waals surface area contributed by atoms with Crippen molar-refractivity contribution in [3.05, 3.63) is 102 Å². The summed E-state index contributed by atoms with van der Waals surface area (Å²) in [5.41, 5.74) is 8.60. The largest absolute Gasteiger partial charge is 0.334 e. The molecule has 30 heavy (non-hydrogen) atoms. The number of allylic oxidation sites excluding steroid dienone is 1. The number of aromatic nitrogens is 2. The molecule has 1 aliphatic heterocycles. The quantitative estimate of drug-likeness (QED) is 0.605. The smallest absolute Gasteiger partial charge is 0.319 e. The van der Waals surface area contributed by atoms with Gasteiger partial charge in [0.15, 0.2) is 5.82 Å². The van der Waals surface area contributed by atoms with Crippen molar-refractivity contribution >= 4 is 23.1 Å². The zero-order chi connectivity index (χ0) is 20.9. The molecule has 1 aliphatic rings. The summed E-state index contributed by atoms with van der Waals surface area (Å²) in [5.74, 6) is 0.689. The lowest BCUT2D eigenvalue weighted by atomic mass is 10.1. The highest BCUT2D eigenvalue weighted by molar-refractivity contribution is 5.90. The summed E-state index contributed by atoms with van der Waals surface area (Å²) in [6.07, 6.45) is 7.12. The van der Waals surface area contributed by atoms with E-state index in [1.54, 1.807) is 23.6 Å². The van der Waals surface area contributed by atoms with Crippen molar-refractivity contribution in [2.75, 3.05) is 10.3 Å². The van der Waals surface area contributed by atoms with Crippen LogP contribution in [0.15, 0.2) is 85.6 Å². The zero-order valence-electron chi connectivity index (χ0n) is 16.6. The zero-order valence-corrected chi connectivity index (χ0v) is 16.6. The Morgan fingerprint density at radius 2 is 2.03 bits per heavy atom. The molecule has 0 fully saturated rings. The minimum absolute atomic E-state index is 0.258. The summed E-state index contributed by atoms with van der Waals surface area (Å²) >= 11 is 0. The van der Waals surface area contributed by atoms with E-state index in [0.717, 1.165) is 33.6 Å². The lowest BCUT2D eigenvalue weighted by molar-refractivity contribution is 0.251. The van der Waals surface area contributed by atoms with E-state index in [-0.39, 0.29) is 6.03 Å². The van der Waals surface area contributed by atoms with Crippen LogP contribution in [0, 0.1) is 6.92 Å². The number of carbonyl (C=O) groups excluding carboxylic acids is 1. The molecule has 0 unspecified atom stereocenters. The van der Waals surface area contributed by atoms with Gasteiger partial charge in [-0.25, -0.2) is 14.8 Å². The number of amides is 2. The Labute approximate surface area is 175 Å². The third-order valence-electron chi connectivity index (χ3n) is 4.78. The molecule has 150 valence electrons. The summed E-state index contributed by atoms with van der Waals surface area (Å²) in [5, 5.41) is 7.55. The summed E-state index contributed by atoms with van der Waals surface area (Å²) in [7, 11) is 0. The summed E-state index contributed by atoms with van der Waals surface area (Å²) in [4.78, 5) is 20.8. The molecule has 0 aliphatic carbocycles. The maximum atomic E-state index is 12.2. The van der Waals surface area contributed by atoms with Gasteiger partial charge in [-0.2, -0.15) is 0 Å². The van der Waals surface area contributed by atoms with Gasteiger partial charge in [-0.05, 0) is 42.3 Å². The van der Waals surface area contributed by atoms with Gasteiger partial charge in [-0.3, -0.25) is 10.4 Å². The third-order valence-corrected chi connectivity index (χ3v) is 4.78. The number of hydrogen-bond donors (Lipinski definition) is 3. The average molecular weight is 398 g/mol. The predicted octanol–water partition coefficient (Wildman–Crippen LogP) is 3.99. The number of nitrogens with zero attached hydrogens (tertiary/aromatic N) is 3. The lowest BCUT2D eigenvalue weighted by Crippen LogP contribution is -2.30. The molecule has 0 spiro atoms. The number of hydrazine groups is 1. The van der Waals surface area contributed by atoms with Crippen molar-refractivity contribution in [3.8, 4) is 0 Å². The highest BCUT2D eigenvalue weighted by atomic mass is 16.2. The van der Waals surface area contributed by atoms with E-state index in [9.17, 15) is 4.79 Å². The molecule has 7 nitrogen and oxygen atoms in total. The second-order valence-electron chi connectivity index (χ2n) is 6.86. The van der Waals surface area contributed by atoms with Gasteiger partial charge in [0, 0.05) is 48.2 Å². The van der Waals surface area contributed by atoms with Crippen LogP contribution in [0.4, 0.5) is 16.3 Å². The van der Waals surface area contributed by atoms with Crippen LogP contribution in [-0.4, -0.2) is 16.0 Å². The van der Waals surface area contributed by atoms with E-state index in [1.807, 2.05) is 61.7 Å². The fourth-order valence-electron chi connectivity index (χ4n) is 3.14. The van der Waals surface area contributed by atoms with E-state index in [0.29, 0.717) is 12.4 Å². The predicted molar refractivity (Wildman–Crippen MR) is 118 cm³/mol. The maximum absolute atomic E-state index is 12.2. The van der Waals surface area contributed by atoms with Gasteiger partial charge in [0.25, 0.3) is 0 Å². The van der Waals surface area contributed by atoms with Crippen molar-refractivity contribution in [1.82, 2.24) is 20.7 Å². The van der Waals surface area contributed by atoms with Gasteiger partial charge < -0.3 is 10.6 Å². The van der Waals surface area contributed by atoms with Crippen LogP contribution in [0.1, 0.15) is 16.7 Å². The fraction of sp³-hybridized carbons (Fsp3) is 0.0870. The molecule has 3 heterocycles. The molecule has 1 aromatic carbocycles. The monoisotopic (exact) mass is 398 g/mol. The van der Waals surface area contributed by atoms with E-state index in [2.05, 4.69) is 32.6 Å². The van der Waals surface area contributed by atoms with Crippen molar-refractivity contribution in [2.24, 2.45) is 0 Å². The molecule has 0 radical (unpaired) electrons. The van der Waals surface area contributed by atoms with E-state index in [1.165, 1.54) is 0 Å². The first-order valence-electron chi connectivity index (χ1n) is 9.53. The molecule has 0 saturated heterocycles. The number of nitrogens with one attached hydrogen (secondary N) is 3. The van der Waals surface area contributed by atoms with Crippen molar-refractivity contribution in [3.63, 3.8) is 0 Å². The Balaban J connectivity index is 1.39. The van der Waals surface area contributed by atoms with Crippen LogP contribution in [0.5, 0.6) is 0 Å². The molecule has 0 saturated carbocycles. The average Bonchev–Trinajstić information content (AvgIpc) is 3.16. The van der Waals surface area contributed by atoms with E-state index >= 15 is 0 Å². The molecule has 4 rings (SSSR count). The number of aryl methyl sites for hydroxylation is 1. The molecule has 0 bridgehead atoms. The second kappa shape index (κ2) is 8.48. The van der Waals surface area contributed by atoms with Crippen LogP contribution < -0.4 is 21.1 Å². The van der Waals surface area contributed by atoms with Gasteiger partial charge in [-0.1, -0.05) is 30.8 Å². The number of carbonyl (C=O) groups is 1. The van der Waals surface area contributed by atoms with Gasteiger partial charge in [0.05, 0.1) is 5.70 Å². The van der Waals surface area contributed by atoms with E-state index < -0.39 is 0 Å². The van der Waals surface area contributed by atoms with Crippen molar-refractivity contribution in [2.45, 2.75) is 13.5 Å². The SMILES string of the molecule is C=C1C(c2cccnc2)=CNN1c1cc(CNC(=O)Nc2ccccc2C)ccn1. The van der Waals surface area contributed by atoms with Crippen LogP contribution >= 0.6 is 0 Å². The number of pyridine rings is 2. The van der Waals surface area contributed by atoms with Gasteiger partial charge in [0.1, 0.15) is 0 Å². The number of urea groups is 1. The number of benzene rings is 1.